The predicted octanol–water partition coefficient (Wildman–Crippen LogP) is 3.13. The van der Waals surface area contributed by atoms with Crippen LogP contribution in [0.3, 0.4) is 0 Å². The normalized spacial score (nSPS) is 10.1. The summed E-state index contributed by atoms with van der Waals surface area (Å²) in [5.74, 6) is 0. The van der Waals surface area contributed by atoms with Crippen LogP contribution in [0.2, 0.25) is 0 Å². The summed E-state index contributed by atoms with van der Waals surface area (Å²) in [5.41, 5.74) is 3.41. The lowest BCUT2D eigenvalue weighted by Crippen LogP contribution is -2.13. The number of hydrogen-bond donors (Lipinski definition) is 1. The molecule has 0 spiro atoms. The van der Waals surface area contributed by atoms with Crippen molar-refractivity contribution in [3.63, 3.8) is 0 Å². The minimum absolute atomic E-state index is 0.199. The summed E-state index contributed by atoms with van der Waals surface area (Å²) in [7, 11) is 0. The van der Waals surface area contributed by atoms with Crippen LogP contribution in [0.4, 0.5) is 10.2 Å². The second-order valence-corrected chi connectivity index (χ2v) is 4.67. The van der Waals surface area contributed by atoms with Crippen molar-refractivity contribution >= 4 is 12.1 Å². The van der Waals surface area contributed by atoms with Gasteiger partial charge < -0.3 is 5.32 Å². The summed E-state index contributed by atoms with van der Waals surface area (Å²) >= 11 is 0. The average molecular weight is 272 g/mol. The highest BCUT2D eigenvalue weighted by atomic mass is 19.2. The van der Waals surface area contributed by atoms with E-state index in [1.807, 2.05) is 37.3 Å². The molecule has 0 aliphatic heterocycles. The second-order valence-electron chi connectivity index (χ2n) is 4.67. The molecule has 2 rings (SSSR count). The Hall–Kier alpha value is -2.36. The zero-order valence-electron chi connectivity index (χ0n) is 11.3. The van der Waals surface area contributed by atoms with Crippen LogP contribution in [0.1, 0.15) is 16.7 Å². The molecule has 0 bridgehead atoms. The Morgan fingerprint density at radius 3 is 2.60 bits per heavy atom. The van der Waals surface area contributed by atoms with Gasteiger partial charge in [-0.05, 0) is 30.2 Å². The van der Waals surface area contributed by atoms with Gasteiger partial charge in [-0.3, -0.25) is 4.79 Å². The maximum atomic E-state index is 14.2. The fourth-order valence-corrected chi connectivity index (χ4v) is 1.92. The molecule has 0 saturated heterocycles. The Morgan fingerprint density at radius 1 is 1.15 bits per heavy atom. The minimum Gasteiger partial charge on any atom is -0.355 e. The van der Waals surface area contributed by atoms with E-state index in [0.29, 0.717) is 23.8 Å². The largest absolute Gasteiger partial charge is 0.355 e. The molecule has 4 heteroatoms. The Kier molecular flexibility index (Phi) is 4.71. The number of carbonyl (C=O) groups excluding carboxylic acids is 1. The van der Waals surface area contributed by atoms with Crippen LogP contribution < -0.4 is 10.4 Å². The highest BCUT2D eigenvalue weighted by Crippen LogP contribution is 2.19. The van der Waals surface area contributed by atoms with Crippen molar-refractivity contribution in [2.45, 2.75) is 20.0 Å². The molecule has 0 aromatic heterocycles. The first-order valence-electron chi connectivity index (χ1n) is 6.44. The third-order valence-corrected chi connectivity index (χ3v) is 3.02. The van der Waals surface area contributed by atoms with Crippen molar-refractivity contribution in [1.29, 1.82) is 0 Å². The lowest BCUT2D eigenvalue weighted by molar-refractivity contribution is -0.109. The van der Waals surface area contributed by atoms with Gasteiger partial charge in [0, 0.05) is 6.54 Å². The average Bonchev–Trinajstić information content (AvgIpc) is 2.48. The summed E-state index contributed by atoms with van der Waals surface area (Å²) < 4.78 is 14.2. The maximum Gasteiger partial charge on any atom is 0.207 e. The van der Waals surface area contributed by atoms with Crippen molar-refractivity contribution in [2.75, 3.05) is 5.12 Å². The van der Waals surface area contributed by atoms with Crippen LogP contribution >= 0.6 is 0 Å². The molecule has 104 valence electrons. The van der Waals surface area contributed by atoms with Gasteiger partial charge in [0.2, 0.25) is 6.41 Å². The number of nitrogens with zero attached hydrogens (tertiary/aromatic N) is 1. The summed E-state index contributed by atoms with van der Waals surface area (Å²) in [6, 6.07) is 14.8. The van der Waals surface area contributed by atoms with Crippen molar-refractivity contribution in [2.24, 2.45) is 0 Å². The lowest BCUT2D eigenvalue weighted by atomic mass is 10.1. The van der Waals surface area contributed by atoms with E-state index in [1.54, 1.807) is 18.2 Å². The molecule has 0 heterocycles. The standard InChI is InChI=1S/C16H17FN2O/c1-13-5-7-14(8-6-13)11-19(17)16-4-2-3-15(9-16)10-18-12-20/h2-9,12H,10-11H2,1H3,(H,18,20). The summed E-state index contributed by atoms with van der Waals surface area (Å²) in [4.78, 5) is 10.3. The molecule has 0 atom stereocenters. The van der Waals surface area contributed by atoms with E-state index in [4.69, 9.17) is 0 Å². The van der Waals surface area contributed by atoms with E-state index in [1.165, 1.54) is 0 Å². The highest BCUT2D eigenvalue weighted by Gasteiger charge is 2.06. The molecule has 0 unspecified atom stereocenters. The number of halogens is 1. The van der Waals surface area contributed by atoms with Crippen LogP contribution in [-0.4, -0.2) is 6.41 Å². The van der Waals surface area contributed by atoms with Gasteiger partial charge in [0.15, 0.2) is 0 Å². The molecule has 2 aromatic carbocycles. The number of anilines is 1. The summed E-state index contributed by atoms with van der Waals surface area (Å²) in [5, 5.41) is 3.27. The van der Waals surface area contributed by atoms with Gasteiger partial charge in [-0.2, -0.15) is 0 Å². The van der Waals surface area contributed by atoms with E-state index in [2.05, 4.69) is 5.32 Å². The molecule has 1 N–H and O–H groups in total. The van der Waals surface area contributed by atoms with Crippen molar-refractivity contribution in [3.8, 4) is 0 Å². The van der Waals surface area contributed by atoms with Crippen LogP contribution in [-0.2, 0) is 17.9 Å². The van der Waals surface area contributed by atoms with Crippen molar-refractivity contribution in [3.05, 3.63) is 65.2 Å². The molecule has 3 nitrogen and oxygen atoms in total. The zero-order valence-corrected chi connectivity index (χ0v) is 11.3. The first-order valence-corrected chi connectivity index (χ1v) is 6.44. The molecular formula is C16H17FN2O. The predicted molar refractivity (Wildman–Crippen MR) is 77.8 cm³/mol. The Morgan fingerprint density at radius 2 is 1.90 bits per heavy atom. The third-order valence-electron chi connectivity index (χ3n) is 3.02. The van der Waals surface area contributed by atoms with E-state index in [9.17, 15) is 9.28 Å². The van der Waals surface area contributed by atoms with Crippen LogP contribution in [0, 0.1) is 6.92 Å². The fraction of sp³-hybridized carbons (Fsp3) is 0.188. The number of benzene rings is 2. The molecule has 20 heavy (non-hydrogen) atoms. The van der Waals surface area contributed by atoms with Crippen molar-refractivity contribution in [1.82, 2.24) is 5.32 Å². The molecular weight excluding hydrogens is 255 g/mol. The first-order chi connectivity index (χ1) is 9.69. The van der Waals surface area contributed by atoms with E-state index >= 15 is 0 Å². The monoisotopic (exact) mass is 272 g/mol. The molecule has 0 fully saturated rings. The lowest BCUT2D eigenvalue weighted by Gasteiger charge is -2.15. The van der Waals surface area contributed by atoms with E-state index in [0.717, 1.165) is 16.7 Å². The Balaban J connectivity index is 2.06. The SMILES string of the molecule is Cc1ccc(CN(F)c2cccc(CNC=O)c2)cc1. The Labute approximate surface area is 118 Å². The van der Waals surface area contributed by atoms with Crippen molar-refractivity contribution < 1.29 is 9.28 Å². The van der Waals surface area contributed by atoms with Crippen LogP contribution in [0.5, 0.6) is 0 Å². The molecule has 1 amide bonds. The van der Waals surface area contributed by atoms with Gasteiger partial charge in [0.05, 0.1) is 12.2 Å². The number of aryl methyl sites for hydroxylation is 1. The smallest absolute Gasteiger partial charge is 0.207 e. The Bertz CT molecular complexity index is 569. The topological polar surface area (TPSA) is 32.3 Å². The molecule has 0 aliphatic rings. The molecule has 0 saturated carbocycles. The van der Waals surface area contributed by atoms with Gasteiger partial charge in [0.25, 0.3) is 0 Å². The summed E-state index contributed by atoms with van der Waals surface area (Å²) in [6.45, 7) is 2.60. The second kappa shape index (κ2) is 6.70. The molecule has 2 aromatic rings. The number of rotatable bonds is 6. The van der Waals surface area contributed by atoms with E-state index < -0.39 is 0 Å². The molecule has 0 aliphatic carbocycles. The number of amides is 1. The first kappa shape index (κ1) is 14.1. The van der Waals surface area contributed by atoms with Gasteiger partial charge in [-0.15, -0.1) is 0 Å². The number of nitrogens with one attached hydrogen (secondary N) is 1. The van der Waals surface area contributed by atoms with Gasteiger partial charge in [0.1, 0.15) is 0 Å². The third kappa shape index (κ3) is 3.82. The highest BCUT2D eigenvalue weighted by molar-refractivity contribution is 5.49. The number of carbonyl (C=O) groups is 1. The van der Waals surface area contributed by atoms with Crippen LogP contribution in [0.15, 0.2) is 48.5 Å². The maximum absolute atomic E-state index is 14.2. The zero-order chi connectivity index (χ0) is 14.4. The fourth-order valence-electron chi connectivity index (χ4n) is 1.92. The summed E-state index contributed by atoms with van der Waals surface area (Å²) in [6.07, 6.45) is 0.631. The molecule has 0 radical (unpaired) electrons. The van der Waals surface area contributed by atoms with Gasteiger partial charge >= 0.3 is 0 Å². The minimum atomic E-state index is 0.199. The van der Waals surface area contributed by atoms with Gasteiger partial charge in [-0.25, -0.2) is 5.12 Å². The van der Waals surface area contributed by atoms with E-state index in [-0.39, 0.29) is 6.54 Å². The quantitative estimate of drug-likeness (QED) is 0.647. The van der Waals surface area contributed by atoms with Gasteiger partial charge in [-0.1, -0.05) is 46.4 Å². The number of hydrogen-bond acceptors (Lipinski definition) is 2. The van der Waals surface area contributed by atoms with Crippen LogP contribution in [0.25, 0.3) is 0 Å².